The van der Waals surface area contributed by atoms with Crippen LogP contribution in [0.3, 0.4) is 0 Å². The Morgan fingerprint density at radius 2 is 1.33 bits per heavy atom. The number of amides is 7. The summed E-state index contributed by atoms with van der Waals surface area (Å²) < 4.78 is 0. The number of aliphatic hydroxyl groups excluding tert-OH is 1. The van der Waals surface area contributed by atoms with Crippen LogP contribution in [0.15, 0.2) is 60.7 Å². The zero-order valence-corrected chi connectivity index (χ0v) is 32.9. The fourth-order valence-electron chi connectivity index (χ4n) is 6.35. The van der Waals surface area contributed by atoms with E-state index in [1.54, 1.807) is 76.2 Å². The van der Waals surface area contributed by atoms with Crippen LogP contribution in [-0.4, -0.2) is 120 Å². The minimum atomic E-state index is -1.39. The lowest BCUT2D eigenvalue weighted by molar-refractivity contribution is -0.143. The molecule has 0 bridgehead atoms. The molecule has 1 heterocycles. The quantitative estimate of drug-likeness (QED) is 0.0677. The number of hydrogen-bond acceptors (Lipinski definition) is 10. The van der Waals surface area contributed by atoms with Crippen LogP contribution in [-0.2, 0) is 51.2 Å². The van der Waals surface area contributed by atoms with Crippen molar-refractivity contribution in [3.05, 3.63) is 71.8 Å². The molecule has 0 spiro atoms. The van der Waals surface area contributed by atoms with Gasteiger partial charge in [-0.25, -0.2) is 0 Å². The number of hydrogen-bond donors (Lipinski definition) is 8. The van der Waals surface area contributed by atoms with Crippen molar-refractivity contribution in [2.24, 2.45) is 17.6 Å². The Morgan fingerprint density at radius 1 is 0.737 bits per heavy atom. The minimum Gasteiger partial charge on any atom is -0.394 e. The second-order valence-electron chi connectivity index (χ2n) is 14.6. The van der Waals surface area contributed by atoms with Crippen LogP contribution >= 0.6 is 0 Å². The van der Waals surface area contributed by atoms with Gasteiger partial charge in [-0.15, -0.1) is 0 Å². The second-order valence-corrected chi connectivity index (χ2v) is 14.6. The lowest BCUT2D eigenvalue weighted by Gasteiger charge is -2.32. The highest BCUT2D eigenvalue weighted by atomic mass is 16.3. The Hall–Kier alpha value is -5.68. The van der Waals surface area contributed by atoms with Crippen LogP contribution in [0, 0.1) is 11.8 Å². The van der Waals surface area contributed by atoms with Crippen molar-refractivity contribution >= 4 is 47.6 Å². The van der Waals surface area contributed by atoms with Gasteiger partial charge >= 0.3 is 0 Å². The van der Waals surface area contributed by atoms with Crippen molar-refractivity contribution in [3.63, 3.8) is 0 Å². The lowest BCUT2D eigenvalue weighted by Crippen LogP contribution is -2.60. The topological polar surface area (TPSA) is 258 Å². The maximum atomic E-state index is 14.0. The maximum absolute atomic E-state index is 14.0. The van der Waals surface area contributed by atoms with Gasteiger partial charge in [-0.05, 0) is 42.2 Å². The van der Waals surface area contributed by atoms with Crippen LogP contribution in [0.2, 0.25) is 0 Å². The number of rotatable bonds is 21. The first-order valence-corrected chi connectivity index (χ1v) is 19.1. The highest BCUT2D eigenvalue weighted by Gasteiger charge is 2.40. The van der Waals surface area contributed by atoms with Gasteiger partial charge in [0.05, 0.1) is 25.7 Å². The Morgan fingerprint density at radius 3 is 1.88 bits per heavy atom. The Kier molecular flexibility index (Phi) is 18.3. The van der Waals surface area contributed by atoms with Crippen LogP contribution in [0.4, 0.5) is 0 Å². The molecule has 9 N–H and O–H groups in total. The van der Waals surface area contributed by atoms with E-state index in [1.165, 1.54) is 4.90 Å². The number of nitrogens with two attached hydrogens (primary N) is 1. The maximum Gasteiger partial charge on any atom is 0.246 e. The third kappa shape index (κ3) is 14.1. The molecule has 0 saturated carbocycles. The fraction of sp³-hybridized carbons (Fsp3) is 0.500. The number of carbonyl (C=O) groups excluding carboxylic acids is 8. The minimum absolute atomic E-state index is 0.148. The summed E-state index contributed by atoms with van der Waals surface area (Å²) in [5, 5.41) is 25.4. The normalized spacial score (nSPS) is 16.4. The number of likely N-dealkylation sites (tertiary alicyclic amines) is 1. The molecule has 7 amide bonds. The van der Waals surface area contributed by atoms with Crippen molar-refractivity contribution in [3.8, 4) is 0 Å². The van der Waals surface area contributed by atoms with Gasteiger partial charge in [0.1, 0.15) is 36.5 Å². The van der Waals surface area contributed by atoms with Gasteiger partial charge in [0.15, 0.2) is 0 Å². The van der Waals surface area contributed by atoms with E-state index in [2.05, 4.69) is 31.9 Å². The van der Waals surface area contributed by atoms with E-state index < -0.39 is 103 Å². The molecule has 1 fully saturated rings. The molecular formula is C40H56N8O9. The summed E-state index contributed by atoms with van der Waals surface area (Å²) in [5.74, 6) is -5.42. The largest absolute Gasteiger partial charge is 0.394 e. The Balaban J connectivity index is 1.62. The number of nitrogens with one attached hydrogen (secondary N) is 6. The lowest BCUT2D eigenvalue weighted by atomic mass is 9.99. The molecule has 1 saturated heterocycles. The van der Waals surface area contributed by atoms with Crippen LogP contribution in [0.1, 0.15) is 51.7 Å². The number of benzene rings is 2. The molecular weight excluding hydrogens is 736 g/mol. The Labute approximate surface area is 332 Å². The van der Waals surface area contributed by atoms with Gasteiger partial charge in [-0.2, -0.15) is 0 Å². The molecule has 0 unspecified atom stereocenters. The van der Waals surface area contributed by atoms with E-state index >= 15 is 0 Å². The third-order valence-corrected chi connectivity index (χ3v) is 9.48. The smallest absolute Gasteiger partial charge is 0.246 e. The molecule has 1 aliphatic heterocycles. The summed E-state index contributed by atoms with van der Waals surface area (Å²) in [6.07, 6.45) is 1.65. The van der Waals surface area contributed by atoms with E-state index in [0.717, 1.165) is 11.1 Å². The first-order valence-electron chi connectivity index (χ1n) is 19.1. The standard InChI is InChI=1S/C40H56N8O9/c1-24(2)34(46-33(52)21-42-36(53)29(44-32(51)20-41)19-27-14-9-6-10-15-27)39(56)47-35(25(3)4)40(57)48-17-11-16-31(48)38(55)45-30(23-50)37(54)43-28(22-49)18-26-12-7-5-8-13-26/h5-10,12-15,22,24-25,28-31,34-35,50H,11,16-21,23,41H2,1-4H3,(H,42,53)(H,43,54)(H,44,51)(H,45,55)(H,46,52)(H,47,56)/t28-,29-,30-,31-,34-,35-/m0/s1. The van der Waals surface area contributed by atoms with Gasteiger partial charge in [0, 0.05) is 13.0 Å². The average Bonchev–Trinajstić information content (AvgIpc) is 3.70. The summed E-state index contributed by atoms with van der Waals surface area (Å²) >= 11 is 0. The fourth-order valence-corrected chi connectivity index (χ4v) is 6.35. The van der Waals surface area contributed by atoms with E-state index in [0.29, 0.717) is 12.7 Å². The first kappa shape index (κ1) is 45.7. The van der Waals surface area contributed by atoms with Crippen molar-refractivity contribution in [1.82, 2.24) is 36.8 Å². The van der Waals surface area contributed by atoms with Crippen molar-refractivity contribution in [1.29, 1.82) is 0 Å². The molecule has 6 atom stereocenters. The summed E-state index contributed by atoms with van der Waals surface area (Å²) in [7, 11) is 0. The highest BCUT2D eigenvalue weighted by molar-refractivity contribution is 5.97. The molecule has 0 aliphatic carbocycles. The Bertz CT molecular complexity index is 1690. The van der Waals surface area contributed by atoms with E-state index in [4.69, 9.17) is 5.73 Å². The van der Waals surface area contributed by atoms with Gasteiger partial charge in [-0.1, -0.05) is 88.4 Å². The highest BCUT2D eigenvalue weighted by Crippen LogP contribution is 2.21. The third-order valence-electron chi connectivity index (χ3n) is 9.48. The van der Waals surface area contributed by atoms with E-state index in [1.807, 2.05) is 12.1 Å². The molecule has 0 aromatic heterocycles. The SMILES string of the molecule is CC(C)[C@H](NC(=O)CNC(=O)[C@H](Cc1ccccc1)NC(=O)CN)C(=O)N[C@H](C(=O)N1CCC[C@H]1C(=O)N[C@@H](CO)C(=O)N[C@H](C=O)Cc1ccccc1)C(C)C. The number of aldehydes is 1. The molecule has 310 valence electrons. The molecule has 0 radical (unpaired) electrons. The zero-order valence-electron chi connectivity index (χ0n) is 32.9. The van der Waals surface area contributed by atoms with Gasteiger partial charge in [-0.3, -0.25) is 33.6 Å². The molecule has 2 aromatic carbocycles. The number of aliphatic hydroxyl groups is 1. The van der Waals surface area contributed by atoms with Gasteiger partial charge in [0.25, 0.3) is 0 Å². The molecule has 1 aliphatic rings. The monoisotopic (exact) mass is 792 g/mol. The van der Waals surface area contributed by atoms with E-state index in [9.17, 15) is 43.5 Å². The molecule has 17 heteroatoms. The van der Waals surface area contributed by atoms with Gasteiger partial charge < -0.3 is 52.4 Å². The summed E-state index contributed by atoms with van der Waals surface area (Å²) in [6.45, 7) is 5.41. The summed E-state index contributed by atoms with van der Waals surface area (Å²) in [6, 6.07) is 11.4. The predicted molar refractivity (Wildman–Crippen MR) is 210 cm³/mol. The van der Waals surface area contributed by atoms with Gasteiger partial charge in [0.2, 0.25) is 41.4 Å². The van der Waals surface area contributed by atoms with E-state index in [-0.39, 0.29) is 32.4 Å². The number of carbonyl (C=O) groups is 8. The van der Waals surface area contributed by atoms with Crippen molar-refractivity contribution in [2.75, 3.05) is 26.2 Å². The second kappa shape index (κ2) is 22.8. The first-order chi connectivity index (χ1) is 27.2. The number of nitrogens with zero attached hydrogens (tertiary/aromatic N) is 1. The molecule has 57 heavy (non-hydrogen) atoms. The predicted octanol–water partition coefficient (Wildman–Crippen LogP) is -1.54. The summed E-state index contributed by atoms with van der Waals surface area (Å²) in [4.78, 5) is 105. The van der Waals surface area contributed by atoms with Crippen molar-refractivity contribution < 1.29 is 43.5 Å². The van der Waals surface area contributed by atoms with Crippen LogP contribution in [0.25, 0.3) is 0 Å². The zero-order chi connectivity index (χ0) is 42.1. The van der Waals surface area contributed by atoms with Crippen LogP contribution < -0.4 is 37.6 Å². The molecule has 2 aromatic rings. The average molecular weight is 793 g/mol. The molecule has 3 rings (SSSR count). The molecule has 17 nitrogen and oxygen atoms in total. The van der Waals surface area contributed by atoms with Crippen LogP contribution in [0.5, 0.6) is 0 Å². The van der Waals surface area contributed by atoms with Crippen molar-refractivity contribution in [2.45, 2.75) is 89.6 Å². The summed E-state index contributed by atoms with van der Waals surface area (Å²) in [5.41, 5.74) is 7.00.